The van der Waals surface area contributed by atoms with Crippen molar-refractivity contribution >= 4 is 23.7 Å². The van der Waals surface area contributed by atoms with Crippen molar-refractivity contribution in [2.75, 3.05) is 5.32 Å². The molecule has 0 heterocycles. The van der Waals surface area contributed by atoms with Crippen LogP contribution in [0.4, 0.5) is 5.69 Å². The van der Waals surface area contributed by atoms with Crippen LogP contribution in [0.2, 0.25) is 0 Å². The molecule has 0 radical (unpaired) electrons. The molecule has 6 nitrogen and oxygen atoms in total. The van der Waals surface area contributed by atoms with Gasteiger partial charge in [-0.1, -0.05) is 30.3 Å². The molecule has 2 amide bonds. The molecule has 0 unspecified atom stereocenters. The second-order valence-corrected chi connectivity index (χ2v) is 5.95. The smallest absolute Gasteiger partial charge is 0.271 e. The fourth-order valence-electron chi connectivity index (χ4n) is 2.42. The van der Waals surface area contributed by atoms with Crippen LogP contribution in [0.1, 0.15) is 22.8 Å². The van der Waals surface area contributed by atoms with Crippen molar-refractivity contribution in [2.45, 2.75) is 6.92 Å². The minimum atomic E-state index is -0.345. The minimum Gasteiger partial charge on any atom is -0.457 e. The number of rotatable bonds is 6. The minimum absolute atomic E-state index is 0.166. The zero-order valence-corrected chi connectivity index (χ0v) is 15.3. The summed E-state index contributed by atoms with van der Waals surface area (Å²) >= 11 is 0. The summed E-state index contributed by atoms with van der Waals surface area (Å²) in [7, 11) is 0. The normalized spacial score (nSPS) is 10.5. The van der Waals surface area contributed by atoms with E-state index in [0.717, 1.165) is 11.3 Å². The van der Waals surface area contributed by atoms with Crippen LogP contribution in [-0.2, 0) is 4.79 Å². The summed E-state index contributed by atoms with van der Waals surface area (Å²) in [5, 5.41) is 6.63. The number of carbonyl (C=O) groups excluding carboxylic acids is 2. The SMILES string of the molecule is CC(=O)Nc1ccc(C(=O)NN=Cc2cccc(Oc3ccccc3)c2)cc1. The molecule has 0 atom stereocenters. The Bertz CT molecular complexity index is 983. The highest BCUT2D eigenvalue weighted by Gasteiger charge is 2.04. The molecule has 0 aromatic heterocycles. The van der Waals surface area contributed by atoms with Gasteiger partial charge in [0, 0.05) is 18.2 Å². The standard InChI is InChI=1S/C22H19N3O3/c1-16(26)24-19-12-10-18(11-13-19)22(27)25-23-15-17-6-5-9-21(14-17)28-20-7-3-2-4-8-20/h2-15H,1H3,(H,24,26)(H,25,27). The highest BCUT2D eigenvalue weighted by molar-refractivity contribution is 5.96. The fraction of sp³-hybridized carbons (Fsp3) is 0.0455. The van der Waals surface area contributed by atoms with Crippen LogP contribution < -0.4 is 15.5 Å². The third-order valence-electron chi connectivity index (χ3n) is 3.68. The molecule has 0 saturated heterocycles. The number of para-hydroxylation sites is 1. The van der Waals surface area contributed by atoms with Crippen molar-refractivity contribution in [2.24, 2.45) is 5.10 Å². The third kappa shape index (κ3) is 5.54. The maximum Gasteiger partial charge on any atom is 0.271 e. The van der Waals surface area contributed by atoms with Crippen molar-refractivity contribution in [3.8, 4) is 11.5 Å². The highest BCUT2D eigenvalue weighted by atomic mass is 16.5. The maximum atomic E-state index is 12.1. The second-order valence-electron chi connectivity index (χ2n) is 5.95. The molecule has 0 spiro atoms. The lowest BCUT2D eigenvalue weighted by molar-refractivity contribution is -0.114. The summed E-state index contributed by atoms with van der Waals surface area (Å²) < 4.78 is 5.78. The maximum absolute atomic E-state index is 12.1. The monoisotopic (exact) mass is 373 g/mol. The average Bonchev–Trinajstić information content (AvgIpc) is 2.69. The van der Waals surface area contributed by atoms with Gasteiger partial charge >= 0.3 is 0 Å². The zero-order valence-electron chi connectivity index (χ0n) is 15.3. The molecule has 0 bridgehead atoms. The Hall–Kier alpha value is -3.93. The molecule has 3 aromatic carbocycles. The number of carbonyl (C=O) groups is 2. The van der Waals surface area contributed by atoms with E-state index < -0.39 is 0 Å². The average molecular weight is 373 g/mol. The van der Waals surface area contributed by atoms with Gasteiger partial charge in [0.2, 0.25) is 5.91 Å². The molecule has 2 N–H and O–H groups in total. The first-order chi connectivity index (χ1) is 13.6. The van der Waals surface area contributed by atoms with Crippen LogP contribution in [0, 0.1) is 0 Å². The highest BCUT2D eigenvalue weighted by Crippen LogP contribution is 2.21. The Morgan fingerprint density at radius 2 is 1.61 bits per heavy atom. The number of amides is 2. The Labute approximate surface area is 162 Å². The number of hydrogen-bond acceptors (Lipinski definition) is 4. The van der Waals surface area contributed by atoms with E-state index in [2.05, 4.69) is 15.8 Å². The van der Waals surface area contributed by atoms with Gasteiger partial charge in [-0.25, -0.2) is 5.43 Å². The number of ether oxygens (including phenoxy) is 1. The molecule has 0 aliphatic heterocycles. The number of nitrogens with one attached hydrogen (secondary N) is 2. The van der Waals surface area contributed by atoms with E-state index in [0.29, 0.717) is 17.0 Å². The van der Waals surface area contributed by atoms with Gasteiger partial charge in [0.1, 0.15) is 11.5 Å². The third-order valence-corrected chi connectivity index (χ3v) is 3.68. The van der Waals surface area contributed by atoms with Crippen LogP contribution in [0.15, 0.2) is 84.0 Å². The molecule has 140 valence electrons. The van der Waals surface area contributed by atoms with Gasteiger partial charge in [-0.15, -0.1) is 0 Å². The number of anilines is 1. The first kappa shape index (κ1) is 18.8. The summed E-state index contributed by atoms with van der Waals surface area (Å²) in [6, 6.07) is 23.4. The molecular weight excluding hydrogens is 354 g/mol. The molecule has 0 aliphatic carbocycles. The predicted octanol–water partition coefficient (Wildman–Crippen LogP) is 4.20. The van der Waals surface area contributed by atoms with Crippen molar-refractivity contribution in [1.29, 1.82) is 0 Å². The summed E-state index contributed by atoms with van der Waals surface area (Å²) in [5.74, 6) is 0.908. The lowest BCUT2D eigenvalue weighted by Crippen LogP contribution is -2.17. The molecule has 0 saturated carbocycles. The Kier molecular flexibility index (Phi) is 6.15. The van der Waals surface area contributed by atoms with Crippen molar-refractivity contribution in [1.82, 2.24) is 5.43 Å². The Balaban J connectivity index is 1.59. The second kappa shape index (κ2) is 9.14. The summed E-state index contributed by atoms with van der Waals surface area (Å²) in [4.78, 5) is 23.2. The van der Waals surface area contributed by atoms with Gasteiger partial charge in [0.15, 0.2) is 0 Å². The van der Waals surface area contributed by atoms with Gasteiger partial charge < -0.3 is 10.1 Å². The first-order valence-corrected chi connectivity index (χ1v) is 8.64. The summed E-state index contributed by atoms with van der Waals surface area (Å²) in [6.45, 7) is 1.43. The van der Waals surface area contributed by atoms with E-state index in [1.807, 2.05) is 54.6 Å². The quantitative estimate of drug-likeness (QED) is 0.502. The van der Waals surface area contributed by atoms with Gasteiger partial charge in [-0.3, -0.25) is 9.59 Å². The zero-order chi connectivity index (χ0) is 19.8. The fourth-order valence-corrected chi connectivity index (χ4v) is 2.42. The topological polar surface area (TPSA) is 79.8 Å². The number of nitrogens with zero attached hydrogens (tertiary/aromatic N) is 1. The van der Waals surface area contributed by atoms with Gasteiger partial charge in [-0.05, 0) is 54.1 Å². The van der Waals surface area contributed by atoms with E-state index in [1.165, 1.54) is 6.92 Å². The largest absolute Gasteiger partial charge is 0.457 e. The van der Waals surface area contributed by atoms with Gasteiger partial charge in [0.25, 0.3) is 5.91 Å². The van der Waals surface area contributed by atoms with E-state index in [9.17, 15) is 9.59 Å². The Morgan fingerprint density at radius 3 is 2.32 bits per heavy atom. The molecular formula is C22H19N3O3. The van der Waals surface area contributed by atoms with Crippen molar-refractivity contribution in [3.63, 3.8) is 0 Å². The predicted molar refractivity (Wildman–Crippen MR) is 109 cm³/mol. The van der Waals surface area contributed by atoms with E-state index in [1.54, 1.807) is 30.5 Å². The molecule has 0 fully saturated rings. The number of hydrogen-bond donors (Lipinski definition) is 2. The van der Waals surface area contributed by atoms with Crippen molar-refractivity contribution < 1.29 is 14.3 Å². The van der Waals surface area contributed by atoms with E-state index in [4.69, 9.17) is 4.74 Å². The van der Waals surface area contributed by atoms with E-state index >= 15 is 0 Å². The molecule has 3 rings (SSSR count). The first-order valence-electron chi connectivity index (χ1n) is 8.64. The number of benzene rings is 3. The van der Waals surface area contributed by atoms with Crippen molar-refractivity contribution in [3.05, 3.63) is 90.0 Å². The van der Waals surface area contributed by atoms with Crippen LogP contribution in [-0.4, -0.2) is 18.0 Å². The van der Waals surface area contributed by atoms with E-state index in [-0.39, 0.29) is 11.8 Å². The van der Waals surface area contributed by atoms with Crippen LogP contribution in [0.25, 0.3) is 0 Å². The van der Waals surface area contributed by atoms with Crippen LogP contribution in [0.3, 0.4) is 0 Å². The molecule has 6 heteroatoms. The summed E-state index contributed by atoms with van der Waals surface area (Å²) in [5.41, 5.74) is 4.33. The Morgan fingerprint density at radius 1 is 0.893 bits per heavy atom. The molecule has 0 aliphatic rings. The molecule has 3 aromatic rings. The number of hydrazone groups is 1. The lowest BCUT2D eigenvalue weighted by Gasteiger charge is -2.06. The molecule has 28 heavy (non-hydrogen) atoms. The van der Waals surface area contributed by atoms with Gasteiger partial charge in [0.05, 0.1) is 6.21 Å². The lowest BCUT2D eigenvalue weighted by atomic mass is 10.2. The van der Waals surface area contributed by atoms with Crippen LogP contribution >= 0.6 is 0 Å². The van der Waals surface area contributed by atoms with Crippen LogP contribution in [0.5, 0.6) is 11.5 Å². The summed E-state index contributed by atoms with van der Waals surface area (Å²) in [6.07, 6.45) is 1.54. The van der Waals surface area contributed by atoms with Gasteiger partial charge in [-0.2, -0.15) is 5.10 Å².